The van der Waals surface area contributed by atoms with Gasteiger partial charge in [-0.3, -0.25) is 14.9 Å². The Hall–Kier alpha value is -2.89. The number of nitro groups is 1. The number of nitrogens with one attached hydrogen (secondary N) is 1. The number of hydrogen-bond acceptors (Lipinski definition) is 4. The second-order valence-electron chi connectivity index (χ2n) is 4.44. The predicted molar refractivity (Wildman–Crippen MR) is 78.8 cm³/mol. The van der Waals surface area contributed by atoms with Crippen LogP contribution >= 0.6 is 0 Å². The first-order valence-corrected chi connectivity index (χ1v) is 6.21. The molecule has 0 spiro atoms. The van der Waals surface area contributed by atoms with Crippen LogP contribution in [0.5, 0.6) is 5.75 Å². The molecule has 2 aromatic carbocycles. The lowest BCUT2D eigenvalue weighted by molar-refractivity contribution is -0.384. The molecule has 108 valence electrons. The SMILES string of the molecule is COc1cc(C(=O)Nc2ccc([N+](=O)[O-])cc2)ccc1C. The van der Waals surface area contributed by atoms with Gasteiger partial charge < -0.3 is 10.1 Å². The first-order valence-electron chi connectivity index (χ1n) is 6.21. The Morgan fingerprint density at radius 1 is 1.19 bits per heavy atom. The molecule has 0 saturated heterocycles. The van der Waals surface area contributed by atoms with E-state index in [9.17, 15) is 14.9 Å². The van der Waals surface area contributed by atoms with Crippen LogP contribution in [-0.4, -0.2) is 17.9 Å². The van der Waals surface area contributed by atoms with E-state index >= 15 is 0 Å². The van der Waals surface area contributed by atoms with Gasteiger partial charge in [0, 0.05) is 23.4 Å². The van der Waals surface area contributed by atoms with E-state index < -0.39 is 4.92 Å². The van der Waals surface area contributed by atoms with E-state index in [0.717, 1.165) is 5.56 Å². The molecule has 0 aliphatic rings. The summed E-state index contributed by atoms with van der Waals surface area (Å²) in [4.78, 5) is 22.2. The lowest BCUT2D eigenvalue weighted by Gasteiger charge is -2.08. The fourth-order valence-electron chi connectivity index (χ4n) is 1.83. The minimum absolute atomic E-state index is 0.0231. The molecule has 1 amide bonds. The molecule has 0 aliphatic carbocycles. The van der Waals surface area contributed by atoms with Gasteiger partial charge in [-0.1, -0.05) is 6.07 Å². The van der Waals surface area contributed by atoms with E-state index in [2.05, 4.69) is 5.32 Å². The second kappa shape index (κ2) is 6.04. The minimum Gasteiger partial charge on any atom is -0.496 e. The number of non-ortho nitro benzene ring substituents is 1. The van der Waals surface area contributed by atoms with Crippen molar-refractivity contribution >= 4 is 17.3 Å². The van der Waals surface area contributed by atoms with Gasteiger partial charge in [0.2, 0.25) is 0 Å². The van der Waals surface area contributed by atoms with Crippen LogP contribution in [0.15, 0.2) is 42.5 Å². The van der Waals surface area contributed by atoms with Crippen LogP contribution in [0.25, 0.3) is 0 Å². The van der Waals surface area contributed by atoms with Gasteiger partial charge in [-0.2, -0.15) is 0 Å². The van der Waals surface area contributed by atoms with Gasteiger partial charge in [-0.25, -0.2) is 0 Å². The maximum absolute atomic E-state index is 12.1. The number of nitro benzene ring substituents is 1. The van der Waals surface area contributed by atoms with Crippen LogP contribution in [0.3, 0.4) is 0 Å². The molecule has 0 fully saturated rings. The number of benzene rings is 2. The first-order chi connectivity index (χ1) is 10.0. The fraction of sp³-hybridized carbons (Fsp3) is 0.133. The Kier molecular flexibility index (Phi) is 4.18. The average molecular weight is 286 g/mol. The molecule has 0 bridgehead atoms. The molecule has 2 aromatic rings. The quantitative estimate of drug-likeness (QED) is 0.691. The molecule has 0 atom stereocenters. The molecular formula is C15H14N2O4. The molecule has 21 heavy (non-hydrogen) atoms. The number of hydrogen-bond donors (Lipinski definition) is 1. The lowest BCUT2D eigenvalue weighted by Crippen LogP contribution is -2.12. The molecule has 0 saturated carbocycles. The van der Waals surface area contributed by atoms with E-state index in [4.69, 9.17) is 4.74 Å². The molecule has 0 unspecified atom stereocenters. The standard InChI is InChI=1S/C15H14N2O4/c1-10-3-4-11(9-14(10)21-2)15(18)16-12-5-7-13(8-6-12)17(19)20/h3-9H,1-2H3,(H,16,18). The number of methoxy groups -OCH3 is 1. The Labute approximate surface area is 121 Å². The van der Waals surface area contributed by atoms with Crippen LogP contribution in [-0.2, 0) is 0 Å². The van der Waals surface area contributed by atoms with Crippen molar-refractivity contribution in [2.45, 2.75) is 6.92 Å². The third kappa shape index (κ3) is 3.36. The van der Waals surface area contributed by atoms with Gasteiger partial charge in [-0.05, 0) is 36.8 Å². The van der Waals surface area contributed by atoms with Crippen LogP contribution in [0.4, 0.5) is 11.4 Å². The number of amides is 1. The summed E-state index contributed by atoms with van der Waals surface area (Å²) in [6.45, 7) is 1.89. The van der Waals surface area contributed by atoms with Crippen molar-refractivity contribution in [3.8, 4) is 5.75 Å². The molecular weight excluding hydrogens is 272 g/mol. The number of nitrogens with zero attached hydrogens (tertiary/aromatic N) is 1. The van der Waals surface area contributed by atoms with Gasteiger partial charge in [0.15, 0.2) is 0 Å². The maximum atomic E-state index is 12.1. The molecule has 2 rings (SSSR count). The fourth-order valence-corrected chi connectivity index (χ4v) is 1.83. The van der Waals surface area contributed by atoms with Gasteiger partial charge in [0.05, 0.1) is 12.0 Å². The molecule has 0 heterocycles. The van der Waals surface area contributed by atoms with Crippen molar-refractivity contribution in [1.29, 1.82) is 0 Å². The number of ether oxygens (including phenoxy) is 1. The van der Waals surface area contributed by atoms with E-state index in [-0.39, 0.29) is 11.6 Å². The zero-order valence-electron chi connectivity index (χ0n) is 11.6. The lowest BCUT2D eigenvalue weighted by atomic mass is 10.1. The van der Waals surface area contributed by atoms with Crippen molar-refractivity contribution in [1.82, 2.24) is 0 Å². The Balaban J connectivity index is 2.15. The minimum atomic E-state index is -0.490. The van der Waals surface area contributed by atoms with Crippen molar-refractivity contribution in [2.24, 2.45) is 0 Å². The normalized spacial score (nSPS) is 10.0. The summed E-state index contributed by atoms with van der Waals surface area (Å²) in [5.41, 5.74) is 1.86. The third-order valence-electron chi connectivity index (χ3n) is 3.01. The summed E-state index contributed by atoms with van der Waals surface area (Å²) in [5, 5.41) is 13.2. The van der Waals surface area contributed by atoms with E-state index in [0.29, 0.717) is 17.0 Å². The largest absolute Gasteiger partial charge is 0.496 e. The summed E-state index contributed by atoms with van der Waals surface area (Å²) in [6.07, 6.45) is 0. The van der Waals surface area contributed by atoms with E-state index in [1.165, 1.54) is 24.3 Å². The smallest absolute Gasteiger partial charge is 0.269 e. The highest BCUT2D eigenvalue weighted by Crippen LogP contribution is 2.20. The molecule has 6 heteroatoms. The van der Waals surface area contributed by atoms with Crippen molar-refractivity contribution in [3.05, 3.63) is 63.7 Å². The van der Waals surface area contributed by atoms with Crippen LogP contribution < -0.4 is 10.1 Å². The van der Waals surface area contributed by atoms with Crippen LogP contribution in [0, 0.1) is 17.0 Å². The van der Waals surface area contributed by atoms with Gasteiger partial charge in [0.1, 0.15) is 5.75 Å². The van der Waals surface area contributed by atoms with Gasteiger partial charge >= 0.3 is 0 Å². The van der Waals surface area contributed by atoms with Crippen LogP contribution in [0.2, 0.25) is 0 Å². The molecule has 0 radical (unpaired) electrons. The third-order valence-corrected chi connectivity index (χ3v) is 3.01. The van der Waals surface area contributed by atoms with Crippen molar-refractivity contribution in [3.63, 3.8) is 0 Å². The monoisotopic (exact) mass is 286 g/mol. The van der Waals surface area contributed by atoms with E-state index in [1.54, 1.807) is 25.3 Å². The number of carbonyl (C=O) groups is 1. The molecule has 6 nitrogen and oxygen atoms in total. The molecule has 0 aliphatic heterocycles. The Morgan fingerprint density at radius 3 is 2.43 bits per heavy atom. The first kappa shape index (κ1) is 14.5. The highest BCUT2D eigenvalue weighted by atomic mass is 16.6. The topological polar surface area (TPSA) is 81.5 Å². The Morgan fingerprint density at radius 2 is 1.86 bits per heavy atom. The van der Waals surface area contributed by atoms with Gasteiger partial charge in [-0.15, -0.1) is 0 Å². The zero-order valence-corrected chi connectivity index (χ0v) is 11.6. The summed E-state index contributed by atoms with van der Waals surface area (Å²) >= 11 is 0. The predicted octanol–water partition coefficient (Wildman–Crippen LogP) is 3.16. The van der Waals surface area contributed by atoms with E-state index in [1.807, 2.05) is 6.92 Å². The second-order valence-corrected chi connectivity index (χ2v) is 4.44. The number of aryl methyl sites for hydroxylation is 1. The highest BCUT2D eigenvalue weighted by Gasteiger charge is 2.10. The molecule has 0 aromatic heterocycles. The van der Waals surface area contributed by atoms with Crippen LogP contribution in [0.1, 0.15) is 15.9 Å². The highest BCUT2D eigenvalue weighted by molar-refractivity contribution is 6.04. The summed E-state index contributed by atoms with van der Waals surface area (Å²) in [5.74, 6) is 0.327. The van der Waals surface area contributed by atoms with Crippen molar-refractivity contribution < 1.29 is 14.5 Å². The summed E-state index contributed by atoms with van der Waals surface area (Å²) in [6, 6.07) is 10.8. The number of anilines is 1. The van der Waals surface area contributed by atoms with Gasteiger partial charge in [0.25, 0.3) is 11.6 Å². The average Bonchev–Trinajstić information content (AvgIpc) is 2.48. The summed E-state index contributed by atoms with van der Waals surface area (Å²) in [7, 11) is 1.54. The molecule has 1 N–H and O–H groups in total. The summed E-state index contributed by atoms with van der Waals surface area (Å²) < 4.78 is 5.17. The number of rotatable bonds is 4. The Bertz CT molecular complexity index is 681. The van der Waals surface area contributed by atoms with Crippen molar-refractivity contribution in [2.75, 3.05) is 12.4 Å². The number of carbonyl (C=O) groups excluding carboxylic acids is 1. The zero-order chi connectivity index (χ0) is 15.4. The maximum Gasteiger partial charge on any atom is 0.269 e.